The monoisotopic (exact) mass is 350 g/mol. The smallest absolute Gasteiger partial charge is 0.261 e. The number of rotatable bonds is 3. The van der Waals surface area contributed by atoms with Crippen molar-refractivity contribution in [1.29, 1.82) is 0 Å². The average Bonchev–Trinajstić information content (AvgIpc) is 2.85. The molecule has 1 heterocycles. The first-order valence-electron chi connectivity index (χ1n) is 5.90. The number of anilines is 1. The summed E-state index contributed by atoms with van der Waals surface area (Å²) in [5.74, 6) is 0. The summed E-state index contributed by atoms with van der Waals surface area (Å²) in [6.07, 6.45) is 1.78. The van der Waals surface area contributed by atoms with Crippen molar-refractivity contribution in [3.05, 3.63) is 59.2 Å². The number of hydrogen-bond donors (Lipinski definition) is 2. The van der Waals surface area contributed by atoms with E-state index in [0.717, 1.165) is 15.4 Å². The minimum absolute atomic E-state index is 0.240. The van der Waals surface area contributed by atoms with Crippen LogP contribution < -0.4 is 4.72 Å². The highest BCUT2D eigenvalue weighted by molar-refractivity contribution is 9.10. The summed E-state index contributed by atoms with van der Waals surface area (Å²) < 4.78 is 28.1. The minimum Gasteiger partial charge on any atom is -0.361 e. The van der Waals surface area contributed by atoms with Crippen LogP contribution in [0.4, 0.5) is 5.69 Å². The molecule has 0 aliphatic rings. The topological polar surface area (TPSA) is 62.0 Å². The molecule has 0 atom stereocenters. The van der Waals surface area contributed by atoms with Gasteiger partial charge in [-0.05, 0) is 42.5 Å². The Morgan fingerprint density at radius 1 is 1.05 bits per heavy atom. The molecule has 102 valence electrons. The molecule has 0 amide bonds. The highest BCUT2D eigenvalue weighted by Gasteiger charge is 2.14. The first-order chi connectivity index (χ1) is 9.54. The third-order valence-electron chi connectivity index (χ3n) is 2.91. The van der Waals surface area contributed by atoms with Crippen molar-refractivity contribution in [2.24, 2.45) is 0 Å². The zero-order valence-corrected chi connectivity index (χ0v) is 12.7. The predicted octanol–water partition coefficient (Wildman–Crippen LogP) is 3.73. The van der Waals surface area contributed by atoms with E-state index in [1.165, 1.54) is 0 Å². The SMILES string of the molecule is O=S(=O)(Nc1cccc(Br)c1)c1ccc2[nH]ccc2c1. The van der Waals surface area contributed by atoms with E-state index in [4.69, 9.17) is 0 Å². The number of nitrogens with one attached hydrogen (secondary N) is 2. The molecule has 0 radical (unpaired) electrons. The first-order valence-corrected chi connectivity index (χ1v) is 8.18. The number of H-pyrrole nitrogens is 1. The third-order valence-corrected chi connectivity index (χ3v) is 4.78. The van der Waals surface area contributed by atoms with Gasteiger partial charge in [0.2, 0.25) is 0 Å². The van der Waals surface area contributed by atoms with Crippen LogP contribution in [0.2, 0.25) is 0 Å². The Bertz CT molecular complexity index is 872. The van der Waals surface area contributed by atoms with Gasteiger partial charge in [-0.25, -0.2) is 8.42 Å². The Morgan fingerprint density at radius 2 is 1.90 bits per heavy atom. The van der Waals surface area contributed by atoms with Gasteiger partial charge in [-0.1, -0.05) is 22.0 Å². The molecule has 2 N–H and O–H groups in total. The maximum absolute atomic E-state index is 12.3. The van der Waals surface area contributed by atoms with E-state index in [9.17, 15) is 8.42 Å². The molecule has 0 aliphatic carbocycles. The highest BCUT2D eigenvalue weighted by Crippen LogP contribution is 2.22. The van der Waals surface area contributed by atoms with Crippen LogP contribution in [-0.2, 0) is 10.0 Å². The van der Waals surface area contributed by atoms with E-state index in [1.807, 2.05) is 12.1 Å². The number of fused-ring (bicyclic) bond motifs is 1. The molecule has 4 nitrogen and oxygen atoms in total. The Kier molecular flexibility index (Phi) is 3.27. The molecule has 0 aliphatic heterocycles. The fraction of sp³-hybridized carbons (Fsp3) is 0. The normalized spacial score (nSPS) is 11.7. The fourth-order valence-electron chi connectivity index (χ4n) is 1.96. The van der Waals surface area contributed by atoms with Crippen molar-refractivity contribution in [2.45, 2.75) is 4.90 Å². The van der Waals surface area contributed by atoms with Crippen LogP contribution in [0.15, 0.2) is 64.1 Å². The van der Waals surface area contributed by atoms with Crippen LogP contribution in [0.25, 0.3) is 10.9 Å². The van der Waals surface area contributed by atoms with Gasteiger partial charge in [0.05, 0.1) is 4.90 Å². The third kappa shape index (κ3) is 2.57. The molecule has 2 aromatic carbocycles. The molecule has 0 unspecified atom stereocenters. The summed E-state index contributed by atoms with van der Waals surface area (Å²) in [7, 11) is -3.58. The Balaban J connectivity index is 1.98. The molecule has 0 fully saturated rings. The van der Waals surface area contributed by atoms with Gasteiger partial charge < -0.3 is 4.98 Å². The Morgan fingerprint density at radius 3 is 2.70 bits per heavy atom. The average molecular weight is 351 g/mol. The summed E-state index contributed by atoms with van der Waals surface area (Å²) in [6, 6.07) is 13.9. The molecule has 0 saturated carbocycles. The van der Waals surface area contributed by atoms with Crippen LogP contribution in [-0.4, -0.2) is 13.4 Å². The van der Waals surface area contributed by atoms with Gasteiger partial charge in [0.1, 0.15) is 0 Å². The standard InChI is InChI=1S/C14H11BrN2O2S/c15-11-2-1-3-12(9-11)17-20(18,19)13-4-5-14-10(8-13)6-7-16-14/h1-9,16-17H. The van der Waals surface area contributed by atoms with Crippen molar-refractivity contribution in [3.63, 3.8) is 0 Å². The van der Waals surface area contributed by atoms with Crippen molar-refractivity contribution in [2.75, 3.05) is 4.72 Å². The first kappa shape index (κ1) is 13.2. The van der Waals surface area contributed by atoms with E-state index in [1.54, 1.807) is 42.6 Å². The van der Waals surface area contributed by atoms with Crippen LogP contribution in [0.1, 0.15) is 0 Å². The van der Waals surface area contributed by atoms with Crippen LogP contribution >= 0.6 is 15.9 Å². The van der Waals surface area contributed by atoms with E-state index in [0.29, 0.717) is 5.69 Å². The Labute approximate surface area is 125 Å². The second-order valence-electron chi connectivity index (χ2n) is 4.34. The van der Waals surface area contributed by atoms with Crippen LogP contribution in [0, 0.1) is 0 Å². The summed E-state index contributed by atoms with van der Waals surface area (Å²) >= 11 is 3.31. The van der Waals surface area contributed by atoms with Gasteiger partial charge in [0.25, 0.3) is 10.0 Å². The number of halogens is 1. The molecular weight excluding hydrogens is 340 g/mol. The second-order valence-corrected chi connectivity index (χ2v) is 6.94. The predicted molar refractivity (Wildman–Crippen MR) is 83.2 cm³/mol. The van der Waals surface area contributed by atoms with Crippen molar-refractivity contribution in [1.82, 2.24) is 4.98 Å². The van der Waals surface area contributed by atoms with Crippen molar-refractivity contribution < 1.29 is 8.42 Å². The van der Waals surface area contributed by atoms with E-state index < -0.39 is 10.0 Å². The number of sulfonamides is 1. The summed E-state index contributed by atoms with van der Waals surface area (Å²) in [5.41, 5.74) is 1.43. The van der Waals surface area contributed by atoms with Crippen LogP contribution in [0.5, 0.6) is 0 Å². The molecular formula is C14H11BrN2O2S. The lowest BCUT2D eigenvalue weighted by Gasteiger charge is -2.08. The minimum atomic E-state index is -3.58. The van der Waals surface area contributed by atoms with Gasteiger partial charge in [-0.15, -0.1) is 0 Å². The summed E-state index contributed by atoms with van der Waals surface area (Å²) in [5, 5.41) is 0.863. The lowest BCUT2D eigenvalue weighted by molar-refractivity contribution is 0.601. The second kappa shape index (κ2) is 4.96. The number of aromatic amines is 1. The molecule has 0 saturated heterocycles. The van der Waals surface area contributed by atoms with E-state index in [2.05, 4.69) is 25.6 Å². The van der Waals surface area contributed by atoms with E-state index in [-0.39, 0.29) is 4.90 Å². The van der Waals surface area contributed by atoms with Crippen molar-refractivity contribution in [3.8, 4) is 0 Å². The van der Waals surface area contributed by atoms with Gasteiger partial charge >= 0.3 is 0 Å². The molecule has 0 spiro atoms. The molecule has 3 rings (SSSR count). The zero-order valence-electron chi connectivity index (χ0n) is 10.3. The maximum atomic E-state index is 12.3. The Hall–Kier alpha value is -1.79. The van der Waals surface area contributed by atoms with Crippen molar-refractivity contribution >= 4 is 42.5 Å². The number of hydrogen-bond acceptors (Lipinski definition) is 2. The highest BCUT2D eigenvalue weighted by atomic mass is 79.9. The maximum Gasteiger partial charge on any atom is 0.261 e. The van der Waals surface area contributed by atoms with Gasteiger partial charge in [0.15, 0.2) is 0 Å². The molecule has 0 bridgehead atoms. The lowest BCUT2D eigenvalue weighted by atomic mass is 10.2. The molecule has 6 heteroatoms. The van der Waals surface area contributed by atoms with Gasteiger partial charge in [0, 0.05) is 27.3 Å². The molecule has 20 heavy (non-hydrogen) atoms. The summed E-state index contributed by atoms with van der Waals surface area (Å²) in [4.78, 5) is 3.27. The lowest BCUT2D eigenvalue weighted by Crippen LogP contribution is -2.12. The van der Waals surface area contributed by atoms with Gasteiger partial charge in [-0.2, -0.15) is 0 Å². The number of benzene rings is 2. The molecule has 3 aromatic rings. The zero-order chi connectivity index (χ0) is 14.2. The summed E-state index contributed by atoms with van der Waals surface area (Å²) in [6.45, 7) is 0. The van der Waals surface area contributed by atoms with Crippen LogP contribution in [0.3, 0.4) is 0 Å². The largest absolute Gasteiger partial charge is 0.361 e. The quantitative estimate of drug-likeness (QED) is 0.755. The number of aromatic nitrogens is 1. The molecule has 1 aromatic heterocycles. The fourth-order valence-corrected chi connectivity index (χ4v) is 3.45. The van der Waals surface area contributed by atoms with Gasteiger partial charge in [-0.3, -0.25) is 4.72 Å². The van der Waals surface area contributed by atoms with E-state index >= 15 is 0 Å².